The van der Waals surface area contributed by atoms with Crippen molar-refractivity contribution < 1.29 is 19.4 Å². The van der Waals surface area contributed by atoms with Gasteiger partial charge in [0.15, 0.2) is 11.3 Å². The maximum Gasteiger partial charge on any atom is 0.338 e. The van der Waals surface area contributed by atoms with Crippen LogP contribution in [0, 0.1) is 0 Å². The number of methoxy groups -OCH3 is 1. The SMILES string of the molecule is COC(=O)c1ccc(-c2cnn3cc(-c4ccc(N5CCCCC5)cc4)cnc23)c2ccccc12.O=C(O)c1ccc(-c2cnn3cc(-c4ccc(N5CCCCC5)cc4)cnc23)c2ccccc12. The molecule has 69 heavy (non-hydrogen) atoms. The van der Waals surface area contributed by atoms with Crippen molar-refractivity contribution in [1.29, 1.82) is 0 Å². The van der Waals surface area contributed by atoms with E-state index in [1.54, 1.807) is 16.8 Å². The van der Waals surface area contributed by atoms with Gasteiger partial charge in [0, 0.05) is 84.6 Å². The number of benzene rings is 6. The average Bonchev–Trinajstić information content (AvgIpc) is 4.05. The minimum absolute atomic E-state index is 0.291. The molecule has 0 bridgehead atoms. The molecule has 2 saturated heterocycles. The molecule has 2 aliphatic heterocycles. The summed E-state index contributed by atoms with van der Waals surface area (Å²) >= 11 is 0. The summed E-state index contributed by atoms with van der Waals surface area (Å²) in [5.74, 6) is -1.28. The van der Waals surface area contributed by atoms with Crippen LogP contribution < -0.4 is 9.80 Å². The normalized spacial score (nSPS) is 14.0. The Morgan fingerprint density at radius 1 is 0.464 bits per heavy atom. The summed E-state index contributed by atoms with van der Waals surface area (Å²) < 4.78 is 8.59. The first-order chi connectivity index (χ1) is 33.9. The molecule has 0 spiro atoms. The molecule has 6 aromatic carbocycles. The predicted octanol–water partition coefficient (Wildman–Crippen LogP) is 11.9. The average molecular weight is 911 g/mol. The second kappa shape index (κ2) is 18.7. The number of carbonyl (C=O) groups excluding carboxylic acids is 1. The van der Waals surface area contributed by atoms with Gasteiger partial charge in [-0.05, 0) is 119 Å². The Balaban J connectivity index is 0.000000151. The zero-order valence-electron chi connectivity index (χ0n) is 38.3. The lowest BCUT2D eigenvalue weighted by molar-refractivity contribution is 0.0602. The zero-order valence-corrected chi connectivity index (χ0v) is 38.3. The van der Waals surface area contributed by atoms with Crippen molar-refractivity contribution in [3.63, 3.8) is 0 Å². The van der Waals surface area contributed by atoms with Gasteiger partial charge >= 0.3 is 11.9 Å². The van der Waals surface area contributed by atoms with Gasteiger partial charge in [0.25, 0.3) is 0 Å². The van der Waals surface area contributed by atoms with Crippen LogP contribution >= 0.6 is 0 Å². The number of esters is 1. The van der Waals surface area contributed by atoms with Gasteiger partial charge in [0.1, 0.15) is 0 Å². The summed E-state index contributed by atoms with van der Waals surface area (Å²) in [5.41, 5.74) is 12.8. The second-order valence-corrected chi connectivity index (χ2v) is 17.7. The van der Waals surface area contributed by atoms with Crippen LogP contribution in [0.1, 0.15) is 59.2 Å². The molecule has 0 atom stereocenters. The summed E-state index contributed by atoms with van der Waals surface area (Å²) in [4.78, 5) is 38.4. The van der Waals surface area contributed by atoms with Gasteiger partial charge < -0.3 is 19.6 Å². The number of fused-ring (bicyclic) bond motifs is 4. The third-order valence-electron chi connectivity index (χ3n) is 13.6. The molecule has 342 valence electrons. The highest BCUT2D eigenvalue weighted by molar-refractivity contribution is 6.11. The Hall–Kier alpha value is -8.38. The van der Waals surface area contributed by atoms with Gasteiger partial charge in [-0.25, -0.2) is 28.6 Å². The van der Waals surface area contributed by atoms with Crippen LogP contribution in [0.25, 0.3) is 77.3 Å². The Morgan fingerprint density at radius 2 is 0.884 bits per heavy atom. The fourth-order valence-electron chi connectivity index (χ4n) is 10.0. The number of hydrogen-bond acceptors (Lipinski definition) is 9. The summed E-state index contributed by atoms with van der Waals surface area (Å²) in [7, 11) is 1.40. The summed E-state index contributed by atoms with van der Waals surface area (Å²) in [6.45, 7) is 4.53. The molecule has 0 amide bonds. The predicted molar refractivity (Wildman–Crippen MR) is 273 cm³/mol. The molecule has 4 aromatic heterocycles. The van der Waals surface area contributed by atoms with E-state index in [-0.39, 0.29) is 5.97 Å². The zero-order chi connectivity index (χ0) is 46.8. The fourth-order valence-corrected chi connectivity index (χ4v) is 10.0. The third kappa shape index (κ3) is 8.39. The van der Waals surface area contributed by atoms with E-state index in [1.807, 2.05) is 102 Å². The maximum atomic E-state index is 12.3. The molecule has 12 nitrogen and oxygen atoms in total. The van der Waals surface area contributed by atoms with E-state index in [1.165, 1.54) is 57.0 Å². The van der Waals surface area contributed by atoms with Gasteiger partial charge in [-0.3, -0.25) is 0 Å². The first kappa shape index (κ1) is 43.2. The van der Waals surface area contributed by atoms with Crippen LogP contribution in [-0.2, 0) is 4.74 Å². The van der Waals surface area contributed by atoms with Gasteiger partial charge in [-0.2, -0.15) is 10.2 Å². The van der Waals surface area contributed by atoms with Gasteiger partial charge in [0.2, 0.25) is 0 Å². The minimum Gasteiger partial charge on any atom is -0.478 e. The van der Waals surface area contributed by atoms with Crippen molar-refractivity contribution in [2.45, 2.75) is 38.5 Å². The summed E-state index contributed by atoms with van der Waals surface area (Å²) in [5, 5.41) is 22.1. The van der Waals surface area contributed by atoms with Crippen LogP contribution in [0.15, 0.2) is 159 Å². The van der Waals surface area contributed by atoms with Crippen molar-refractivity contribution >= 4 is 56.2 Å². The van der Waals surface area contributed by atoms with E-state index in [2.05, 4.69) is 68.5 Å². The Labute approximate surface area is 399 Å². The van der Waals surface area contributed by atoms with Crippen molar-refractivity contribution in [2.24, 2.45) is 0 Å². The highest BCUT2D eigenvalue weighted by Gasteiger charge is 2.19. The minimum atomic E-state index is -0.934. The summed E-state index contributed by atoms with van der Waals surface area (Å²) in [6.07, 6.45) is 19.2. The number of carboxylic acid groups (broad SMARTS) is 1. The molecule has 12 rings (SSSR count). The number of carboxylic acids is 1. The third-order valence-corrected chi connectivity index (χ3v) is 13.6. The molecule has 0 radical (unpaired) electrons. The number of piperidine rings is 2. The number of rotatable bonds is 8. The molecule has 1 N–H and O–H groups in total. The number of carbonyl (C=O) groups is 2. The van der Waals surface area contributed by atoms with Crippen molar-refractivity contribution in [2.75, 3.05) is 43.1 Å². The lowest BCUT2D eigenvalue weighted by Crippen LogP contribution is -2.29. The first-order valence-corrected chi connectivity index (χ1v) is 23.7. The number of nitrogens with zero attached hydrogens (tertiary/aromatic N) is 8. The van der Waals surface area contributed by atoms with E-state index in [0.29, 0.717) is 16.5 Å². The van der Waals surface area contributed by atoms with Gasteiger partial charge in [-0.1, -0.05) is 84.9 Å². The van der Waals surface area contributed by atoms with E-state index in [4.69, 9.17) is 14.7 Å². The lowest BCUT2D eigenvalue weighted by Gasteiger charge is -2.28. The van der Waals surface area contributed by atoms with E-state index >= 15 is 0 Å². The molecule has 0 saturated carbocycles. The van der Waals surface area contributed by atoms with Crippen molar-refractivity contribution in [1.82, 2.24) is 29.2 Å². The van der Waals surface area contributed by atoms with Crippen LogP contribution in [0.4, 0.5) is 11.4 Å². The number of hydrogen-bond donors (Lipinski definition) is 1. The van der Waals surface area contributed by atoms with Crippen molar-refractivity contribution in [3.05, 3.63) is 170 Å². The number of aromatic carboxylic acids is 1. The number of ether oxygens (including phenoxy) is 1. The fraction of sp³-hybridized carbons (Fsp3) is 0.193. The molecular formula is C57H50N8O4. The second-order valence-electron chi connectivity index (χ2n) is 17.7. The van der Waals surface area contributed by atoms with Gasteiger partial charge in [-0.15, -0.1) is 0 Å². The lowest BCUT2D eigenvalue weighted by atomic mass is 9.96. The molecule has 0 aliphatic carbocycles. The van der Waals surface area contributed by atoms with Crippen LogP contribution in [0.5, 0.6) is 0 Å². The van der Waals surface area contributed by atoms with Crippen LogP contribution in [-0.4, -0.2) is 79.5 Å². The molecule has 0 unspecified atom stereocenters. The number of aromatic nitrogens is 6. The number of anilines is 2. The molecule has 6 heterocycles. The molecule has 2 aliphatic rings. The Bertz CT molecular complexity index is 3520. The topological polar surface area (TPSA) is 130 Å². The largest absolute Gasteiger partial charge is 0.478 e. The Kier molecular flexibility index (Phi) is 11.7. The smallest absolute Gasteiger partial charge is 0.338 e. The van der Waals surface area contributed by atoms with Crippen LogP contribution in [0.2, 0.25) is 0 Å². The molecule has 10 aromatic rings. The van der Waals surface area contributed by atoms with Crippen molar-refractivity contribution in [3.8, 4) is 44.5 Å². The summed E-state index contributed by atoms with van der Waals surface area (Å²) in [6, 6.07) is 40.1. The molecule has 2 fully saturated rings. The monoisotopic (exact) mass is 910 g/mol. The molecular weight excluding hydrogens is 861 g/mol. The van der Waals surface area contributed by atoms with E-state index in [9.17, 15) is 14.7 Å². The van der Waals surface area contributed by atoms with E-state index < -0.39 is 5.97 Å². The highest BCUT2D eigenvalue weighted by Crippen LogP contribution is 2.36. The highest BCUT2D eigenvalue weighted by atomic mass is 16.5. The quantitative estimate of drug-likeness (QED) is 0.147. The standard InChI is InChI=1S/C29H26N4O2.C28H24N4O2/c1-35-29(34)26-14-13-25(23-7-3-4-8-24(23)26)27-18-31-33-19-21(17-30-28(27)33)20-9-11-22(12-10-20)32-15-5-2-6-16-32;33-28(34)25-13-12-24(22-6-2-3-7-23(22)25)26-17-30-32-18-20(16-29-27(26)32)19-8-10-21(11-9-19)31-14-4-1-5-15-31/h3-4,7-14,17-19H,2,5-6,15-16H2,1H3;2-3,6-13,16-18H,1,4-5,14-15H2,(H,33,34). The van der Waals surface area contributed by atoms with E-state index in [0.717, 1.165) is 98.1 Å². The van der Waals surface area contributed by atoms with Crippen LogP contribution in [0.3, 0.4) is 0 Å². The van der Waals surface area contributed by atoms with Gasteiger partial charge in [0.05, 0.1) is 30.6 Å². The first-order valence-electron chi connectivity index (χ1n) is 23.7. The Morgan fingerprint density at radius 3 is 1.32 bits per heavy atom. The maximum absolute atomic E-state index is 12.3. The molecule has 12 heteroatoms.